The highest BCUT2D eigenvalue weighted by atomic mass is 79.9. The molecule has 3 aromatic carbocycles. The maximum atomic E-state index is 12.8. The molecule has 0 N–H and O–H groups in total. The Kier molecular flexibility index (Phi) is 5.36. The summed E-state index contributed by atoms with van der Waals surface area (Å²) in [6.07, 6.45) is 3.57. The summed E-state index contributed by atoms with van der Waals surface area (Å²) < 4.78 is 12.8. The molecule has 0 unspecified atom stereocenters. The molecular weight excluding hydrogens is 428 g/mol. The first-order valence-corrected chi connectivity index (χ1v) is 10.0. The molecule has 0 radical (unpaired) electrons. The summed E-state index contributed by atoms with van der Waals surface area (Å²) in [5.41, 5.74) is 4.45. The fourth-order valence-electron chi connectivity index (χ4n) is 3.23. The first-order chi connectivity index (χ1) is 14.0. The predicted octanol–water partition coefficient (Wildman–Crippen LogP) is 6.60. The standard InChI is InChI=1S/C25H19BrO3/c1-3-17-7-9-18(10-8-17)15-28-21-11-16(2)24-22(14-21)29-23(25(24)27)13-19-5-4-6-20(26)12-19/h3-14H,1,15H2,2H3/b23-13-. The molecule has 1 heterocycles. The van der Waals surface area contributed by atoms with Crippen molar-refractivity contribution in [1.29, 1.82) is 0 Å². The van der Waals surface area contributed by atoms with Crippen LogP contribution in [0.5, 0.6) is 11.5 Å². The minimum atomic E-state index is -0.107. The lowest BCUT2D eigenvalue weighted by Crippen LogP contribution is -2.00. The Morgan fingerprint density at radius 2 is 1.86 bits per heavy atom. The third kappa shape index (κ3) is 4.17. The molecule has 4 heteroatoms. The van der Waals surface area contributed by atoms with Crippen molar-refractivity contribution in [3.05, 3.63) is 105 Å². The van der Waals surface area contributed by atoms with Crippen molar-refractivity contribution in [3.8, 4) is 11.5 Å². The van der Waals surface area contributed by atoms with E-state index in [4.69, 9.17) is 9.47 Å². The number of aryl methyl sites for hydroxylation is 1. The molecule has 0 saturated heterocycles. The van der Waals surface area contributed by atoms with Crippen molar-refractivity contribution in [2.75, 3.05) is 0 Å². The van der Waals surface area contributed by atoms with Crippen LogP contribution in [0.3, 0.4) is 0 Å². The first-order valence-electron chi connectivity index (χ1n) is 9.22. The Bertz CT molecular complexity index is 1130. The molecule has 29 heavy (non-hydrogen) atoms. The fraction of sp³-hybridized carbons (Fsp3) is 0.0800. The Morgan fingerprint density at radius 1 is 1.07 bits per heavy atom. The van der Waals surface area contributed by atoms with E-state index in [1.165, 1.54) is 0 Å². The van der Waals surface area contributed by atoms with Gasteiger partial charge in [0, 0.05) is 10.5 Å². The van der Waals surface area contributed by atoms with E-state index in [0.717, 1.165) is 26.7 Å². The van der Waals surface area contributed by atoms with Crippen molar-refractivity contribution in [3.63, 3.8) is 0 Å². The second-order valence-electron chi connectivity index (χ2n) is 6.84. The van der Waals surface area contributed by atoms with Gasteiger partial charge in [-0.3, -0.25) is 4.79 Å². The SMILES string of the molecule is C=Cc1ccc(COc2cc(C)c3c(c2)O/C(=C\c2cccc(Br)c2)C3=O)cc1. The van der Waals surface area contributed by atoms with Gasteiger partial charge in [-0.15, -0.1) is 0 Å². The summed E-state index contributed by atoms with van der Waals surface area (Å²) in [4.78, 5) is 12.8. The van der Waals surface area contributed by atoms with E-state index < -0.39 is 0 Å². The summed E-state index contributed by atoms with van der Waals surface area (Å²) in [6, 6.07) is 19.4. The van der Waals surface area contributed by atoms with Crippen LogP contribution in [-0.2, 0) is 6.61 Å². The van der Waals surface area contributed by atoms with Gasteiger partial charge in [0.25, 0.3) is 0 Å². The van der Waals surface area contributed by atoms with Gasteiger partial charge in [-0.1, -0.05) is 65.0 Å². The van der Waals surface area contributed by atoms with Gasteiger partial charge in [0.05, 0.1) is 5.56 Å². The quantitative estimate of drug-likeness (QED) is 0.414. The predicted molar refractivity (Wildman–Crippen MR) is 119 cm³/mol. The number of hydrogen-bond acceptors (Lipinski definition) is 3. The molecule has 0 atom stereocenters. The number of allylic oxidation sites excluding steroid dienone is 1. The summed E-state index contributed by atoms with van der Waals surface area (Å²) in [6.45, 7) is 6.09. The smallest absolute Gasteiger partial charge is 0.232 e. The molecule has 1 aliphatic rings. The number of halogens is 1. The largest absolute Gasteiger partial charge is 0.489 e. The molecule has 0 amide bonds. The number of ether oxygens (including phenoxy) is 2. The minimum Gasteiger partial charge on any atom is -0.489 e. The van der Waals surface area contributed by atoms with Gasteiger partial charge in [-0.2, -0.15) is 0 Å². The van der Waals surface area contributed by atoms with Gasteiger partial charge < -0.3 is 9.47 Å². The number of benzene rings is 3. The molecule has 0 saturated carbocycles. The van der Waals surface area contributed by atoms with Crippen LogP contribution in [-0.4, -0.2) is 5.78 Å². The zero-order chi connectivity index (χ0) is 20.4. The molecule has 3 aromatic rings. The molecular formula is C25H19BrO3. The van der Waals surface area contributed by atoms with Crippen molar-refractivity contribution < 1.29 is 14.3 Å². The van der Waals surface area contributed by atoms with Crippen LogP contribution in [0.2, 0.25) is 0 Å². The van der Waals surface area contributed by atoms with Gasteiger partial charge >= 0.3 is 0 Å². The van der Waals surface area contributed by atoms with Gasteiger partial charge in [-0.05, 0) is 53.5 Å². The van der Waals surface area contributed by atoms with Crippen molar-refractivity contribution in [2.45, 2.75) is 13.5 Å². The highest BCUT2D eigenvalue weighted by Crippen LogP contribution is 2.37. The lowest BCUT2D eigenvalue weighted by atomic mass is 10.0. The molecule has 0 aromatic heterocycles. The molecule has 3 nitrogen and oxygen atoms in total. The van der Waals surface area contributed by atoms with Crippen LogP contribution in [0.1, 0.15) is 32.6 Å². The monoisotopic (exact) mass is 446 g/mol. The average Bonchev–Trinajstić information content (AvgIpc) is 3.02. The Balaban J connectivity index is 1.54. The van der Waals surface area contributed by atoms with E-state index in [1.807, 2.05) is 67.6 Å². The summed E-state index contributed by atoms with van der Waals surface area (Å²) >= 11 is 3.44. The maximum absolute atomic E-state index is 12.8. The summed E-state index contributed by atoms with van der Waals surface area (Å²) in [5.74, 6) is 1.42. The fourth-order valence-corrected chi connectivity index (χ4v) is 3.64. The minimum absolute atomic E-state index is 0.107. The highest BCUT2D eigenvalue weighted by Gasteiger charge is 2.30. The zero-order valence-electron chi connectivity index (χ0n) is 15.9. The normalized spacial score (nSPS) is 13.9. The average molecular weight is 447 g/mol. The molecule has 0 fully saturated rings. The molecule has 1 aliphatic heterocycles. The van der Waals surface area contributed by atoms with Crippen LogP contribution < -0.4 is 9.47 Å². The van der Waals surface area contributed by atoms with E-state index in [2.05, 4.69) is 22.5 Å². The summed E-state index contributed by atoms with van der Waals surface area (Å²) in [5, 5.41) is 0. The van der Waals surface area contributed by atoms with E-state index in [9.17, 15) is 4.79 Å². The number of rotatable bonds is 5. The second-order valence-corrected chi connectivity index (χ2v) is 7.76. The third-order valence-electron chi connectivity index (χ3n) is 4.71. The number of Topliss-reactive ketones (excluding diaryl/α,β-unsaturated/α-hetero) is 1. The molecule has 144 valence electrons. The van der Waals surface area contributed by atoms with Crippen molar-refractivity contribution in [1.82, 2.24) is 0 Å². The third-order valence-corrected chi connectivity index (χ3v) is 5.20. The molecule has 4 rings (SSSR count). The van der Waals surface area contributed by atoms with E-state index >= 15 is 0 Å². The number of carbonyl (C=O) groups is 1. The van der Waals surface area contributed by atoms with Crippen molar-refractivity contribution >= 4 is 33.9 Å². The summed E-state index contributed by atoms with van der Waals surface area (Å²) in [7, 11) is 0. The van der Waals surface area contributed by atoms with Crippen LogP contribution >= 0.6 is 15.9 Å². The van der Waals surface area contributed by atoms with E-state index in [1.54, 1.807) is 12.1 Å². The van der Waals surface area contributed by atoms with Crippen LogP contribution in [0.4, 0.5) is 0 Å². The molecule has 0 bridgehead atoms. The van der Waals surface area contributed by atoms with Gasteiger partial charge in [0.15, 0.2) is 5.76 Å². The van der Waals surface area contributed by atoms with E-state index in [0.29, 0.717) is 29.4 Å². The molecule has 0 aliphatic carbocycles. The Morgan fingerprint density at radius 3 is 2.59 bits per heavy atom. The van der Waals surface area contributed by atoms with Gasteiger partial charge in [-0.25, -0.2) is 0 Å². The van der Waals surface area contributed by atoms with Crippen LogP contribution in [0.25, 0.3) is 12.2 Å². The lowest BCUT2D eigenvalue weighted by Gasteiger charge is -2.09. The van der Waals surface area contributed by atoms with Gasteiger partial charge in [0.2, 0.25) is 5.78 Å². The second kappa shape index (κ2) is 8.10. The maximum Gasteiger partial charge on any atom is 0.232 e. The first kappa shape index (κ1) is 19.2. The number of carbonyl (C=O) groups excluding carboxylic acids is 1. The van der Waals surface area contributed by atoms with Crippen LogP contribution in [0, 0.1) is 6.92 Å². The Labute approximate surface area is 178 Å². The topological polar surface area (TPSA) is 35.5 Å². The van der Waals surface area contributed by atoms with Crippen molar-refractivity contribution in [2.24, 2.45) is 0 Å². The van der Waals surface area contributed by atoms with Gasteiger partial charge in [0.1, 0.15) is 18.1 Å². The number of hydrogen-bond donors (Lipinski definition) is 0. The number of ketones is 1. The van der Waals surface area contributed by atoms with Crippen LogP contribution in [0.15, 0.2) is 77.5 Å². The number of fused-ring (bicyclic) bond motifs is 1. The van der Waals surface area contributed by atoms with E-state index in [-0.39, 0.29) is 5.78 Å². The lowest BCUT2D eigenvalue weighted by molar-refractivity contribution is 0.101. The highest BCUT2D eigenvalue weighted by molar-refractivity contribution is 9.10. The molecule has 0 spiro atoms. The Hall–Kier alpha value is -3.11. The zero-order valence-corrected chi connectivity index (χ0v) is 17.5.